The molecule has 0 radical (unpaired) electrons. The fourth-order valence-corrected chi connectivity index (χ4v) is 1.36. The van der Waals surface area contributed by atoms with Crippen LogP contribution in [-0.4, -0.2) is 15.2 Å². The lowest BCUT2D eigenvalue weighted by Gasteiger charge is -2.07. The van der Waals surface area contributed by atoms with Gasteiger partial charge in [-0.2, -0.15) is 13.2 Å². The molecule has 1 aromatic heterocycles. The largest absolute Gasteiger partial charge is 0.453 e. The normalized spacial score (nSPS) is 13.6. The van der Waals surface area contributed by atoms with Gasteiger partial charge < -0.3 is 5.73 Å². The molecule has 1 unspecified atom stereocenters. The second kappa shape index (κ2) is 4.17. The lowest BCUT2D eigenvalue weighted by atomic mass is 10.1. The molecule has 0 bridgehead atoms. The smallest absolute Gasteiger partial charge is 0.318 e. The molecule has 0 aliphatic rings. The summed E-state index contributed by atoms with van der Waals surface area (Å²) in [6.45, 7) is 0. The minimum Gasteiger partial charge on any atom is -0.318 e. The van der Waals surface area contributed by atoms with Crippen molar-refractivity contribution >= 4 is 0 Å². The Hall–Kier alpha value is -1.89. The molecule has 0 saturated heterocycles. The van der Waals surface area contributed by atoms with Gasteiger partial charge in [0.1, 0.15) is 5.82 Å². The van der Waals surface area contributed by atoms with Gasteiger partial charge in [0.25, 0.3) is 5.82 Å². The monoisotopic (exact) mass is 242 g/mol. The predicted octanol–water partition coefficient (Wildman–Crippen LogP) is 1.87. The maximum absolute atomic E-state index is 12.3. The Morgan fingerprint density at radius 1 is 1.18 bits per heavy atom. The zero-order valence-corrected chi connectivity index (χ0v) is 8.57. The molecule has 1 aromatic carbocycles. The summed E-state index contributed by atoms with van der Waals surface area (Å²) >= 11 is 0. The highest BCUT2D eigenvalue weighted by atomic mass is 19.4. The molecule has 90 valence electrons. The van der Waals surface area contributed by atoms with Gasteiger partial charge in [-0.3, -0.25) is 5.10 Å². The van der Waals surface area contributed by atoms with Gasteiger partial charge in [0.15, 0.2) is 0 Å². The van der Waals surface area contributed by atoms with Gasteiger partial charge in [0.2, 0.25) is 0 Å². The molecule has 0 saturated carbocycles. The Labute approximate surface area is 94.7 Å². The molecule has 4 nitrogen and oxygen atoms in total. The van der Waals surface area contributed by atoms with Gasteiger partial charge in [-0.05, 0) is 5.56 Å². The quantitative estimate of drug-likeness (QED) is 0.844. The van der Waals surface area contributed by atoms with Crippen LogP contribution in [0.4, 0.5) is 13.2 Å². The van der Waals surface area contributed by atoms with Crippen molar-refractivity contribution in [3.63, 3.8) is 0 Å². The van der Waals surface area contributed by atoms with Crippen LogP contribution in [0.1, 0.15) is 23.3 Å². The summed E-state index contributed by atoms with van der Waals surface area (Å²) in [4.78, 5) is 3.34. The number of halogens is 3. The zero-order valence-electron chi connectivity index (χ0n) is 8.57. The molecule has 2 rings (SSSR count). The van der Waals surface area contributed by atoms with E-state index in [4.69, 9.17) is 5.73 Å². The van der Waals surface area contributed by atoms with Crippen LogP contribution in [0.5, 0.6) is 0 Å². The van der Waals surface area contributed by atoms with Crippen LogP contribution in [0.3, 0.4) is 0 Å². The van der Waals surface area contributed by atoms with Crippen molar-refractivity contribution in [1.82, 2.24) is 15.2 Å². The first-order chi connectivity index (χ1) is 7.98. The summed E-state index contributed by atoms with van der Waals surface area (Å²) in [7, 11) is 0. The van der Waals surface area contributed by atoms with E-state index in [1.54, 1.807) is 30.3 Å². The number of rotatable bonds is 2. The molecular formula is C10H9F3N4. The van der Waals surface area contributed by atoms with Crippen LogP contribution < -0.4 is 5.73 Å². The molecule has 1 heterocycles. The first-order valence-electron chi connectivity index (χ1n) is 4.78. The van der Waals surface area contributed by atoms with Gasteiger partial charge in [0, 0.05) is 0 Å². The molecule has 3 N–H and O–H groups in total. The number of benzene rings is 1. The summed E-state index contributed by atoms with van der Waals surface area (Å²) in [6.07, 6.45) is -4.56. The molecule has 1 atom stereocenters. The van der Waals surface area contributed by atoms with Gasteiger partial charge in [0.05, 0.1) is 6.04 Å². The number of nitrogens with two attached hydrogens (primary N) is 1. The summed E-state index contributed by atoms with van der Waals surface area (Å²) in [5, 5.41) is 5.30. The third kappa shape index (κ3) is 2.44. The molecule has 0 amide bonds. The number of H-pyrrole nitrogens is 1. The molecule has 0 aliphatic carbocycles. The van der Waals surface area contributed by atoms with E-state index >= 15 is 0 Å². The molecule has 0 fully saturated rings. The second-order valence-electron chi connectivity index (χ2n) is 3.43. The lowest BCUT2D eigenvalue weighted by molar-refractivity contribution is -0.144. The van der Waals surface area contributed by atoms with E-state index in [1.807, 2.05) is 0 Å². The first kappa shape index (κ1) is 11.6. The van der Waals surface area contributed by atoms with E-state index in [0.717, 1.165) is 0 Å². The average Bonchev–Trinajstić information content (AvgIpc) is 2.78. The van der Waals surface area contributed by atoms with Crippen LogP contribution in [0.25, 0.3) is 0 Å². The van der Waals surface area contributed by atoms with E-state index in [9.17, 15) is 13.2 Å². The fraction of sp³-hybridized carbons (Fsp3) is 0.200. The van der Waals surface area contributed by atoms with E-state index in [1.165, 1.54) is 0 Å². The Balaban J connectivity index is 2.27. The van der Waals surface area contributed by atoms with Crippen LogP contribution in [0.15, 0.2) is 30.3 Å². The van der Waals surface area contributed by atoms with Gasteiger partial charge >= 0.3 is 6.18 Å². The van der Waals surface area contributed by atoms with Crippen molar-refractivity contribution in [1.29, 1.82) is 0 Å². The SMILES string of the molecule is NC(c1ccccc1)c1nc(C(F)(F)F)n[nH]1. The summed E-state index contributed by atoms with van der Waals surface area (Å²) in [5.41, 5.74) is 6.44. The standard InChI is InChI=1S/C10H9F3N4/c11-10(12,13)9-15-8(16-17-9)7(14)6-4-2-1-3-5-6/h1-5,7H,14H2,(H,15,16,17). The van der Waals surface area contributed by atoms with Crippen LogP contribution in [0, 0.1) is 0 Å². The summed E-state index contributed by atoms with van der Waals surface area (Å²) < 4.78 is 36.8. The lowest BCUT2D eigenvalue weighted by Crippen LogP contribution is -2.14. The Kier molecular flexibility index (Phi) is 2.84. The first-order valence-corrected chi connectivity index (χ1v) is 4.78. The summed E-state index contributed by atoms with van der Waals surface area (Å²) in [6, 6.07) is 7.95. The van der Waals surface area contributed by atoms with Gasteiger partial charge in [-0.15, -0.1) is 5.10 Å². The highest BCUT2D eigenvalue weighted by molar-refractivity contribution is 5.23. The number of aromatic nitrogens is 3. The highest BCUT2D eigenvalue weighted by Gasteiger charge is 2.36. The number of aromatic amines is 1. The predicted molar refractivity (Wildman–Crippen MR) is 53.9 cm³/mol. The Morgan fingerprint density at radius 3 is 2.35 bits per heavy atom. The number of nitrogens with one attached hydrogen (secondary N) is 1. The van der Waals surface area contributed by atoms with Crippen molar-refractivity contribution in [2.24, 2.45) is 5.73 Å². The molecule has 17 heavy (non-hydrogen) atoms. The van der Waals surface area contributed by atoms with Crippen LogP contribution in [-0.2, 0) is 6.18 Å². The maximum atomic E-state index is 12.3. The summed E-state index contributed by atoms with van der Waals surface area (Å²) in [5.74, 6) is -1.22. The number of nitrogens with zero attached hydrogens (tertiary/aromatic N) is 2. The second-order valence-corrected chi connectivity index (χ2v) is 3.43. The van der Waals surface area contributed by atoms with Crippen molar-refractivity contribution in [2.45, 2.75) is 12.2 Å². The van der Waals surface area contributed by atoms with Gasteiger partial charge in [-0.25, -0.2) is 4.98 Å². The van der Waals surface area contributed by atoms with Gasteiger partial charge in [-0.1, -0.05) is 30.3 Å². The van der Waals surface area contributed by atoms with E-state index in [0.29, 0.717) is 5.56 Å². The fourth-order valence-electron chi connectivity index (χ4n) is 1.36. The molecule has 7 heteroatoms. The van der Waals surface area contributed by atoms with Crippen LogP contribution >= 0.6 is 0 Å². The zero-order chi connectivity index (χ0) is 12.5. The Morgan fingerprint density at radius 2 is 1.82 bits per heavy atom. The highest BCUT2D eigenvalue weighted by Crippen LogP contribution is 2.27. The van der Waals surface area contributed by atoms with Crippen molar-refractivity contribution < 1.29 is 13.2 Å². The third-order valence-electron chi connectivity index (χ3n) is 2.21. The van der Waals surface area contributed by atoms with Crippen molar-refractivity contribution in [3.05, 3.63) is 47.5 Å². The van der Waals surface area contributed by atoms with Crippen molar-refractivity contribution in [3.8, 4) is 0 Å². The average molecular weight is 242 g/mol. The van der Waals surface area contributed by atoms with Crippen molar-refractivity contribution in [2.75, 3.05) is 0 Å². The van der Waals surface area contributed by atoms with E-state index in [-0.39, 0.29) is 5.82 Å². The third-order valence-corrected chi connectivity index (χ3v) is 2.21. The number of hydrogen-bond acceptors (Lipinski definition) is 3. The number of hydrogen-bond donors (Lipinski definition) is 2. The molecule has 2 aromatic rings. The van der Waals surface area contributed by atoms with E-state index < -0.39 is 18.0 Å². The maximum Gasteiger partial charge on any atom is 0.453 e. The molecular weight excluding hydrogens is 233 g/mol. The minimum atomic E-state index is -4.56. The van der Waals surface area contributed by atoms with E-state index in [2.05, 4.69) is 15.2 Å². The van der Waals surface area contributed by atoms with Crippen LogP contribution in [0.2, 0.25) is 0 Å². The molecule has 0 aliphatic heterocycles. The topological polar surface area (TPSA) is 67.6 Å². The molecule has 0 spiro atoms. The number of alkyl halides is 3. The minimum absolute atomic E-state index is 0.0106. The Bertz CT molecular complexity index is 492.